The molecule has 0 N–H and O–H groups in total. The molecule has 1 aliphatic carbocycles. The van der Waals surface area contributed by atoms with E-state index in [9.17, 15) is 8.78 Å². The molecule has 1 saturated carbocycles. The maximum absolute atomic E-state index is 11.5. The number of unbranched alkanes of at least 4 members (excludes halogenated alkanes) is 5. The molecule has 0 saturated heterocycles. The highest BCUT2D eigenvalue weighted by Crippen LogP contribution is 2.36. The first kappa shape index (κ1) is 13.9. The fourth-order valence-electron chi connectivity index (χ4n) is 1.30. The summed E-state index contributed by atoms with van der Waals surface area (Å²) in [5.74, 6) is -2.28. The quantitative estimate of drug-likeness (QED) is 0.544. The lowest BCUT2D eigenvalue weighted by Gasteiger charge is -2.23. The van der Waals surface area contributed by atoms with E-state index >= 15 is 0 Å². The third kappa shape index (κ3) is 8.46. The highest BCUT2D eigenvalue weighted by molar-refractivity contribution is 4.75. The van der Waals surface area contributed by atoms with E-state index in [4.69, 9.17) is 0 Å². The Morgan fingerprint density at radius 1 is 0.857 bits per heavy atom. The number of rotatable bonds is 5. The van der Waals surface area contributed by atoms with Gasteiger partial charge in [0, 0.05) is 12.8 Å². The van der Waals surface area contributed by atoms with Crippen molar-refractivity contribution in [3.8, 4) is 0 Å². The monoisotopic (exact) mass is 206 g/mol. The summed E-state index contributed by atoms with van der Waals surface area (Å²) in [6.45, 7) is 4.51. The van der Waals surface area contributed by atoms with Gasteiger partial charge in [0.25, 0.3) is 0 Å². The number of alkyl halides is 2. The zero-order valence-electron chi connectivity index (χ0n) is 9.62. The summed E-state index contributed by atoms with van der Waals surface area (Å²) in [6, 6.07) is 0. The van der Waals surface area contributed by atoms with Crippen LogP contribution in [0.5, 0.6) is 0 Å². The first-order chi connectivity index (χ1) is 6.62. The van der Waals surface area contributed by atoms with Crippen LogP contribution in [-0.2, 0) is 0 Å². The number of hydrogen-bond donors (Lipinski definition) is 0. The molecule has 0 heterocycles. The van der Waals surface area contributed by atoms with Gasteiger partial charge in [-0.3, -0.25) is 0 Å². The highest BCUT2D eigenvalue weighted by atomic mass is 19.3. The summed E-state index contributed by atoms with van der Waals surface area (Å²) >= 11 is 0. The topological polar surface area (TPSA) is 0 Å². The minimum atomic E-state index is -2.28. The summed E-state index contributed by atoms with van der Waals surface area (Å²) in [7, 11) is 0. The molecule has 0 aliphatic heterocycles. The predicted octanol–water partition coefficient (Wildman–Crippen LogP) is 5.17. The van der Waals surface area contributed by atoms with E-state index in [-0.39, 0.29) is 12.8 Å². The van der Waals surface area contributed by atoms with E-state index in [1.165, 1.54) is 38.5 Å². The lowest BCUT2D eigenvalue weighted by Crippen LogP contribution is -2.24. The lowest BCUT2D eigenvalue weighted by atomic mass is 9.95. The van der Waals surface area contributed by atoms with Gasteiger partial charge in [0.15, 0.2) is 0 Å². The van der Waals surface area contributed by atoms with Crippen molar-refractivity contribution >= 4 is 0 Å². The van der Waals surface area contributed by atoms with Crippen LogP contribution in [0.3, 0.4) is 0 Å². The minimum absolute atomic E-state index is 0.118. The van der Waals surface area contributed by atoms with E-state index in [2.05, 4.69) is 13.8 Å². The van der Waals surface area contributed by atoms with Crippen molar-refractivity contribution in [2.75, 3.05) is 0 Å². The van der Waals surface area contributed by atoms with E-state index in [1.807, 2.05) is 0 Å². The second kappa shape index (κ2) is 8.19. The maximum atomic E-state index is 11.5. The van der Waals surface area contributed by atoms with Gasteiger partial charge in [-0.2, -0.15) is 0 Å². The van der Waals surface area contributed by atoms with Crippen LogP contribution >= 0.6 is 0 Å². The van der Waals surface area contributed by atoms with Crippen molar-refractivity contribution in [3.05, 3.63) is 0 Å². The van der Waals surface area contributed by atoms with E-state index in [0.29, 0.717) is 6.42 Å². The van der Waals surface area contributed by atoms with Crippen molar-refractivity contribution in [1.82, 2.24) is 0 Å². The average molecular weight is 206 g/mol. The standard InChI is InChI=1S/C8H18.C4H6F2/c1-3-5-7-8-6-4-2;5-4(6)2-1-3-4/h3-8H2,1-2H3;1-3H2. The predicted molar refractivity (Wildman–Crippen MR) is 57.8 cm³/mol. The van der Waals surface area contributed by atoms with Gasteiger partial charge in [-0.25, -0.2) is 8.78 Å². The third-order valence-electron chi connectivity index (χ3n) is 2.54. The summed E-state index contributed by atoms with van der Waals surface area (Å²) in [6.07, 6.45) is 9.44. The molecular weight excluding hydrogens is 182 g/mol. The number of hydrogen-bond acceptors (Lipinski definition) is 0. The molecule has 0 spiro atoms. The minimum Gasteiger partial charge on any atom is -0.207 e. The van der Waals surface area contributed by atoms with Crippen LogP contribution < -0.4 is 0 Å². The Morgan fingerprint density at radius 2 is 1.21 bits per heavy atom. The van der Waals surface area contributed by atoms with E-state index in [1.54, 1.807) is 0 Å². The van der Waals surface area contributed by atoms with Gasteiger partial charge in [0.05, 0.1) is 0 Å². The second-order valence-corrected chi connectivity index (χ2v) is 4.12. The molecule has 2 heteroatoms. The summed E-state index contributed by atoms with van der Waals surface area (Å²) in [5.41, 5.74) is 0. The maximum Gasteiger partial charge on any atom is 0.248 e. The van der Waals surface area contributed by atoms with Crippen molar-refractivity contribution in [2.24, 2.45) is 0 Å². The normalized spacial score (nSPS) is 18.0. The van der Waals surface area contributed by atoms with Crippen molar-refractivity contribution in [1.29, 1.82) is 0 Å². The molecule has 0 aromatic heterocycles. The highest BCUT2D eigenvalue weighted by Gasteiger charge is 2.36. The van der Waals surface area contributed by atoms with Crippen LogP contribution in [0.2, 0.25) is 0 Å². The summed E-state index contributed by atoms with van der Waals surface area (Å²) in [5, 5.41) is 0. The van der Waals surface area contributed by atoms with Gasteiger partial charge < -0.3 is 0 Å². The van der Waals surface area contributed by atoms with Crippen LogP contribution in [0.15, 0.2) is 0 Å². The average Bonchev–Trinajstić information content (AvgIpc) is 2.12. The Bertz CT molecular complexity index is 109. The van der Waals surface area contributed by atoms with Crippen LogP contribution in [0.25, 0.3) is 0 Å². The Labute approximate surface area is 87.1 Å². The zero-order valence-corrected chi connectivity index (χ0v) is 9.62. The third-order valence-corrected chi connectivity index (χ3v) is 2.54. The van der Waals surface area contributed by atoms with Gasteiger partial charge in [0.1, 0.15) is 0 Å². The van der Waals surface area contributed by atoms with Gasteiger partial charge in [-0.1, -0.05) is 52.4 Å². The SMILES string of the molecule is CCCCCCCC.FC1(F)CCC1. The Hall–Kier alpha value is -0.140. The molecule has 0 radical (unpaired) electrons. The molecule has 0 aromatic rings. The summed E-state index contributed by atoms with van der Waals surface area (Å²) in [4.78, 5) is 0. The molecule has 0 amide bonds. The van der Waals surface area contributed by atoms with Crippen LogP contribution in [-0.4, -0.2) is 5.92 Å². The molecule has 14 heavy (non-hydrogen) atoms. The van der Waals surface area contributed by atoms with Gasteiger partial charge in [0.2, 0.25) is 5.92 Å². The van der Waals surface area contributed by atoms with Gasteiger partial charge in [-0.15, -0.1) is 0 Å². The molecule has 86 valence electrons. The molecular formula is C12H24F2. The molecule has 0 atom stereocenters. The fraction of sp³-hybridized carbons (Fsp3) is 1.00. The molecule has 0 aromatic carbocycles. The molecule has 1 fully saturated rings. The van der Waals surface area contributed by atoms with Crippen LogP contribution in [0.4, 0.5) is 8.78 Å². The van der Waals surface area contributed by atoms with Gasteiger partial charge >= 0.3 is 0 Å². The Morgan fingerprint density at radius 3 is 1.36 bits per heavy atom. The van der Waals surface area contributed by atoms with Crippen LogP contribution in [0, 0.1) is 0 Å². The Kier molecular flexibility index (Phi) is 8.11. The zero-order chi connectivity index (χ0) is 10.9. The molecule has 1 rings (SSSR count). The lowest BCUT2D eigenvalue weighted by molar-refractivity contribution is -0.0716. The molecule has 0 unspecified atom stereocenters. The van der Waals surface area contributed by atoms with Crippen LogP contribution in [0.1, 0.15) is 71.6 Å². The molecule has 1 aliphatic rings. The van der Waals surface area contributed by atoms with Crippen molar-refractivity contribution in [2.45, 2.75) is 77.6 Å². The first-order valence-electron chi connectivity index (χ1n) is 6.00. The largest absolute Gasteiger partial charge is 0.248 e. The first-order valence-corrected chi connectivity index (χ1v) is 6.00. The fourth-order valence-corrected chi connectivity index (χ4v) is 1.30. The second-order valence-electron chi connectivity index (χ2n) is 4.12. The van der Waals surface area contributed by atoms with Gasteiger partial charge in [-0.05, 0) is 6.42 Å². The van der Waals surface area contributed by atoms with Crippen molar-refractivity contribution < 1.29 is 8.78 Å². The van der Waals surface area contributed by atoms with E-state index < -0.39 is 5.92 Å². The smallest absolute Gasteiger partial charge is 0.207 e. The number of halogens is 2. The Balaban J connectivity index is 0.000000249. The van der Waals surface area contributed by atoms with E-state index in [0.717, 1.165) is 0 Å². The summed E-state index contributed by atoms with van der Waals surface area (Å²) < 4.78 is 23.1. The molecule has 0 nitrogen and oxygen atoms in total. The van der Waals surface area contributed by atoms with Crippen molar-refractivity contribution in [3.63, 3.8) is 0 Å². The molecule has 0 bridgehead atoms.